The first kappa shape index (κ1) is 25.4. The van der Waals surface area contributed by atoms with E-state index in [1.165, 1.54) is 0 Å². The van der Waals surface area contributed by atoms with Crippen molar-refractivity contribution in [2.75, 3.05) is 46.0 Å². The largest absolute Gasteiger partial charge is 0.484 e. The number of carbonyl (C=O) groups is 2. The molecule has 0 saturated carbocycles. The summed E-state index contributed by atoms with van der Waals surface area (Å²) in [6, 6.07) is 27.6. The second-order valence-electron chi connectivity index (χ2n) is 8.67. The molecule has 1 fully saturated rings. The van der Waals surface area contributed by atoms with Crippen LogP contribution in [0.25, 0.3) is 0 Å². The van der Waals surface area contributed by atoms with E-state index >= 15 is 0 Å². The van der Waals surface area contributed by atoms with Gasteiger partial charge in [0.15, 0.2) is 6.61 Å². The second-order valence-corrected chi connectivity index (χ2v) is 8.67. The molecule has 1 aliphatic rings. The van der Waals surface area contributed by atoms with Crippen molar-refractivity contribution in [3.8, 4) is 5.75 Å². The molecule has 1 atom stereocenters. The first-order chi connectivity index (χ1) is 17.7. The van der Waals surface area contributed by atoms with Gasteiger partial charge in [-0.2, -0.15) is 0 Å². The van der Waals surface area contributed by atoms with Crippen LogP contribution in [0.1, 0.15) is 17.2 Å². The maximum absolute atomic E-state index is 13.6. The van der Waals surface area contributed by atoms with E-state index in [4.69, 9.17) is 9.47 Å². The molecule has 1 unspecified atom stereocenters. The highest BCUT2D eigenvalue weighted by Crippen LogP contribution is 2.24. The minimum absolute atomic E-state index is 0.165. The molecule has 1 saturated heterocycles. The van der Waals surface area contributed by atoms with Crippen molar-refractivity contribution in [3.63, 3.8) is 0 Å². The normalized spacial score (nSPS) is 14.6. The Labute approximate surface area is 212 Å². The standard InChI is InChI=1S/C29H33N3O4/c33-27(23-36-26-14-8-3-9-15-26)32(22-24-10-4-1-5-11-24)28(25-12-6-2-7-13-25)29(34)30-16-17-31-18-20-35-21-19-31/h1-15,28H,16-23H2,(H,30,34). The molecule has 3 aromatic carbocycles. The van der Waals surface area contributed by atoms with E-state index in [-0.39, 0.29) is 25.0 Å². The molecular formula is C29H33N3O4. The fourth-order valence-corrected chi connectivity index (χ4v) is 4.22. The number of morpholine rings is 1. The maximum Gasteiger partial charge on any atom is 0.261 e. The predicted molar refractivity (Wildman–Crippen MR) is 138 cm³/mol. The molecule has 7 nitrogen and oxygen atoms in total. The summed E-state index contributed by atoms with van der Waals surface area (Å²) in [5, 5.41) is 3.07. The van der Waals surface area contributed by atoms with Crippen molar-refractivity contribution in [2.24, 2.45) is 0 Å². The van der Waals surface area contributed by atoms with Gasteiger partial charge in [-0.25, -0.2) is 0 Å². The molecular weight excluding hydrogens is 454 g/mol. The fraction of sp³-hybridized carbons (Fsp3) is 0.310. The second kappa shape index (κ2) is 13.4. The van der Waals surface area contributed by atoms with Gasteiger partial charge in [0.1, 0.15) is 11.8 Å². The van der Waals surface area contributed by atoms with Crippen LogP contribution in [0.2, 0.25) is 0 Å². The summed E-state index contributed by atoms with van der Waals surface area (Å²) in [6.45, 7) is 4.48. The summed E-state index contributed by atoms with van der Waals surface area (Å²) in [4.78, 5) is 31.0. The van der Waals surface area contributed by atoms with Crippen molar-refractivity contribution in [1.29, 1.82) is 0 Å². The molecule has 2 amide bonds. The van der Waals surface area contributed by atoms with E-state index in [0.29, 0.717) is 25.5 Å². The van der Waals surface area contributed by atoms with Gasteiger partial charge in [-0.05, 0) is 23.3 Å². The number of ether oxygens (including phenoxy) is 2. The zero-order valence-corrected chi connectivity index (χ0v) is 20.4. The Hall–Kier alpha value is -3.68. The molecule has 1 aliphatic heterocycles. The molecule has 36 heavy (non-hydrogen) atoms. The SMILES string of the molecule is O=C(NCCN1CCOCC1)C(c1ccccc1)N(Cc1ccccc1)C(=O)COc1ccccc1. The van der Waals surface area contributed by atoms with Gasteiger partial charge < -0.3 is 19.7 Å². The van der Waals surface area contributed by atoms with E-state index in [1.54, 1.807) is 4.90 Å². The van der Waals surface area contributed by atoms with E-state index < -0.39 is 6.04 Å². The number of amides is 2. The van der Waals surface area contributed by atoms with Crippen LogP contribution in [0.5, 0.6) is 5.75 Å². The average Bonchev–Trinajstić information content (AvgIpc) is 2.94. The van der Waals surface area contributed by atoms with Gasteiger partial charge in [-0.1, -0.05) is 78.9 Å². The molecule has 3 aromatic rings. The molecule has 4 rings (SSSR count). The summed E-state index contributed by atoms with van der Waals surface area (Å²) in [6.07, 6.45) is 0. The van der Waals surface area contributed by atoms with Crippen molar-refractivity contribution in [3.05, 3.63) is 102 Å². The number of nitrogens with zero attached hydrogens (tertiary/aromatic N) is 2. The van der Waals surface area contributed by atoms with Gasteiger partial charge in [0.05, 0.1) is 13.2 Å². The van der Waals surface area contributed by atoms with Crippen LogP contribution in [0.15, 0.2) is 91.0 Å². The molecule has 1 N–H and O–H groups in total. The molecule has 188 valence electrons. The van der Waals surface area contributed by atoms with Gasteiger partial charge in [0.25, 0.3) is 5.91 Å². The Morgan fingerprint density at radius 1 is 0.889 bits per heavy atom. The van der Waals surface area contributed by atoms with E-state index in [9.17, 15) is 9.59 Å². The quantitative estimate of drug-likeness (QED) is 0.450. The first-order valence-corrected chi connectivity index (χ1v) is 12.3. The highest BCUT2D eigenvalue weighted by atomic mass is 16.5. The van der Waals surface area contributed by atoms with Gasteiger partial charge in [0.2, 0.25) is 5.91 Å². The molecule has 0 bridgehead atoms. The lowest BCUT2D eigenvalue weighted by Gasteiger charge is -2.32. The topological polar surface area (TPSA) is 71.1 Å². The zero-order valence-electron chi connectivity index (χ0n) is 20.4. The Kier molecular flexibility index (Phi) is 9.47. The monoisotopic (exact) mass is 487 g/mol. The third-order valence-corrected chi connectivity index (χ3v) is 6.13. The molecule has 0 radical (unpaired) electrons. The lowest BCUT2D eigenvalue weighted by atomic mass is 10.0. The maximum atomic E-state index is 13.6. The van der Waals surface area contributed by atoms with Gasteiger partial charge in [-0.15, -0.1) is 0 Å². The lowest BCUT2D eigenvalue weighted by molar-refractivity contribution is -0.143. The average molecular weight is 488 g/mol. The highest BCUT2D eigenvalue weighted by molar-refractivity contribution is 5.89. The smallest absolute Gasteiger partial charge is 0.261 e. The summed E-state index contributed by atoms with van der Waals surface area (Å²) in [5.74, 6) is 0.134. The van der Waals surface area contributed by atoms with Crippen molar-refractivity contribution in [2.45, 2.75) is 12.6 Å². The lowest BCUT2D eigenvalue weighted by Crippen LogP contribution is -2.47. The van der Waals surface area contributed by atoms with E-state index in [1.807, 2.05) is 91.0 Å². The van der Waals surface area contributed by atoms with Crippen LogP contribution in [-0.2, 0) is 20.9 Å². The Balaban J connectivity index is 1.53. The molecule has 7 heteroatoms. The molecule has 1 heterocycles. The third kappa shape index (κ3) is 7.41. The number of benzene rings is 3. The van der Waals surface area contributed by atoms with Crippen LogP contribution in [0.3, 0.4) is 0 Å². The summed E-state index contributed by atoms with van der Waals surface area (Å²) >= 11 is 0. The fourth-order valence-electron chi connectivity index (χ4n) is 4.22. The summed E-state index contributed by atoms with van der Waals surface area (Å²) < 4.78 is 11.2. The summed E-state index contributed by atoms with van der Waals surface area (Å²) in [5.41, 5.74) is 1.69. The van der Waals surface area contributed by atoms with Crippen LogP contribution in [-0.4, -0.2) is 67.6 Å². The van der Waals surface area contributed by atoms with Crippen LogP contribution in [0, 0.1) is 0 Å². The van der Waals surface area contributed by atoms with Crippen molar-refractivity contribution >= 4 is 11.8 Å². The van der Waals surface area contributed by atoms with Gasteiger partial charge >= 0.3 is 0 Å². The Morgan fingerprint density at radius 3 is 2.17 bits per heavy atom. The van der Waals surface area contributed by atoms with Crippen LogP contribution < -0.4 is 10.1 Å². The number of carbonyl (C=O) groups excluding carboxylic acids is 2. The molecule has 0 spiro atoms. The number of hydrogen-bond acceptors (Lipinski definition) is 5. The highest BCUT2D eigenvalue weighted by Gasteiger charge is 2.31. The van der Waals surface area contributed by atoms with E-state index in [2.05, 4.69) is 10.2 Å². The number of nitrogens with one attached hydrogen (secondary N) is 1. The zero-order chi connectivity index (χ0) is 25.0. The molecule has 0 aliphatic carbocycles. The minimum Gasteiger partial charge on any atom is -0.484 e. The Bertz CT molecular complexity index is 1070. The van der Waals surface area contributed by atoms with Gasteiger partial charge in [-0.3, -0.25) is 14.5 Å². The summed E-state index contributed by atoms with van der Waals surface area (Å²) in [7, 11) is 0. The van der Waals surface area contributed by atoms with Gasteiger partial charge in [0, 0.05) is 32.7 Å². The minimum atomic E-state index is -0.789. The predicted octanol–water partition coefficient (Wildman–Crippen LogP) is 3.28. The first-order valence-electron chi connectivity index (χ1n) is 12.3. The van der Waals surface area contributed by atoms with E-state index in [0.717, 1.165) is 30.8 Å². The molecule has 0 aromatic heterocycles. The van der Waals surface area contributed by atoms with Crippen LogP contribution >= 0.6 is 0 Å². The van der Waals surface area contributed by atoms with Crippen LogP contribution in [0.4, 0.5) is 0 Å². The number of hydrogen-bond donors (Lipinski definition) is 1. The van der Waals surface area contributed by atoms with Crippen molar-refractivity contribution < 1.29 is 19.1 Å². The third-order valence-electron chi connectivity index (χ3n) is 6.13. The Morgan fingerprint density at radius 2 is 1.50 bits per heavy atom. The van der Waals surface area contributed by atoms with Crippen molar-refractivity contribution in [1.82, 2.24) is 15.1 Å². The number of rotatable bonds is 11. The number of para-hydroxylation sites is 1.